The highest BCUT2D eigenvalue weighted by atomic mass is 16.5. The van der Waals surface area contributed by atoms with E-state index in [-0.39, 0.29) is 24.5 Å². The molecule has 0 saturated heterocycles. The van der Waals surface area contributed by atoms with Crippen LogP contribution in [0.1, 0.15) is 56.9 Å². The van der Waals surface area contributed by atoms with Crippen molar-refractivity contribution in [1.82, 2.24) is 5.32 Å². The van der Waals surface area contributed by atoms with Crippen LogP contribution >= 0.6 is 0 Å². The summed E-state index contributed by atoms with van der Waals surface area (Å²) in [7, 11) is 1.63. The van der Waals surface area contributed by atoms with Gasteiger partial charge in [0.25, 0.3) is 0 Å². The Labute approximate surface area is 139 Å². The average Bonchev–Trinajstić information content (AvgIpc) is 2.61. The van der Waals surface area contributed by atoms with Crippen LogP contribution in [0.2, 0.25) is 0 Å². The van der Waals surface area contributed by atoms with E-state index >= 15 is 0 Å². The Morgan fingerprint density at radius 1 is 1.26 bits per heavy atom. The predicted molar refractivity (Wildman–Crippen MR) is 91.6 cm³/mol. The van der Waals surface area contributed by atoms with Crippen LogP contribution in [0, 0.1) is 5.92 Å². The molecule has 1 fully saturated rings. The third kappa shape index (κ3) is 4.96. The van der Waals surface area contributed by atoms with E-state index < -0.39 is 0 Å². The molecule has 2 unspecified atom stereocenters. The zero-order valence-electron chi connectivity index (χ0n) is 14.3. The third-order valence-electron chi connectivity index (χ3n) is 5.00. The first-order valence-electron chi connectivity index (χ1n) is 8.71. The van der Waals surface area contributed by atoms with E-state index in [2.05, 4.69) is 5.32 Å². The van der Waals surface area contributed by atoms with Crippen molar-refractivity contribution >= 4 is 5.91 Å². The third-order valence-corrected chi connectivity index (χ3v) is 5.00. The number of hydrogen-bond donors (Lipinski definition) is 2. The van der Waals surface area contributed by atoms with Gasteiger partial charge in [0.05, 0.1) is 13.0 Å². The van der Waals surface area contributed by atoms with Gasteiger partial charge < -0.3 is 15.2 Å². The van der Waals surface area contributed by atoms with E-state index in [9.17, 15) is 9.90 Å². The monoisotopic (exact) mass is 319 g/mol. The minimum absolute atomic E-state index is 0.0409. The summed E-state index contributed by atoms with van der Waals surface area (Å²) < 4.78 is 5.16. The Balaban J connectivity index is 1.98. The summed E-state index contributed by atoms with van der Waals surface area (Å²) in [4.78, 5) is 12.6. The van der Waals surface area contributed by atoms with Crippen molar-refractivity contribution in [2.45, 2.75) is 57.4 Å². The van der Waals surface area contributed by atoms with E-state index in [4.69, 9.17) is 4.74 Å². The number of amides is 1. The summed E-state index contributed by atoms with van der Waals surface area (Å²) in [6, 6.07) is 7.72. The fourth-order valence-corrected chi connectivity index (χ4v) is 3.45. The van der Waals surface area contributed by atoms with E-state index in [0.717, 1.165) is 24.2 Å². The summed E-state index contributed by atoms with van der Waals surface area (Å²) >= 11 is 0. The van der Waals surface area contributed by atoms with E-state index in [1.165, 1.54) is 19.3 Å². The summed E-state index contributed by atoms with van der Waals surface area (Å²) in [5.74, 6) is 1.13. The SMILES string of the molecule is COc1ccc(C(C)C(=O)NC(CCO)C2CCCCC2)cc1. The Morgan fingerprint density at radius 2 is 1.91 bits per heavy atom. The first kappa shape index (κ1) is 17.8. The van der Waals surface area contributed by atoms with Crippen molar-refractivity contribution in [2.24, 2.45) is 5.92 Å². The van der Waals surface area contributed by atoms with Crippen LogP contribution in [0.5, 0.6) is 5.75 Å². The predicted octanol–water partition coefficient (Wildman–Crippen LogP) is 3.25. The molecule has 4 nitrogen and oxygen atoms in total. The molecule has 0 aliphatic heterocycles. The number of carbonyl (C=O) groups excluding carboxylic acids is 1. The van der Waals surface area contributed by atoms with Crippen molar-refractivity contribution in [2.75, 3.05) is 13.7 Å². The lowest BCUT2D eigenvalue weighted by atomic mass is 9.82. The van der Waals surface area contributed by atoms with Crippen LogP contribution in [0.4, 0.5) is 0 Å². The molecular weight excluding hydrogens is 290 g/mol. The molecule has 1 saturated carbocycles. The molecule has 4 heteroatoms. The molecule has 2 N–H and O–H groups in total. The molecule has 1 amide bonds. The van der Waals surface area contributed by atoms with Gasteiger partial charge in [-0.1, -0.05) is 31.4 Å². The first-order chi connectivity index (χ1) is 11.2. The van der Waals surface area contributed by atoms with E-state index in [1.807, 2.05) is 31.2 Å². The van der Waals surface area contributed by atoms with Gasteiger partial charge in [0.1, 0.15) is 5.75 Å². The summed E-state index contributed by atoms with van der Waals surface area (Å²) in [5.41, 5.74) is 0.981. The van der Waals surface area contributed by atoms with E-state index in [0.29, 0.717) is 12.3 Å². The van der Waals surface area contributed by atoms with Gasteiger partial charge in [-0.2, -0.15) is 0 Å². The number of benzene rings is 1. The highest BCUT2D eigenvalue weighted by molar-refractivity contribution is 5.83. The Hall–Kier alpha value is -1.55. The van der Waals surface area contributed by atoms with Gasteiger partial charge in [0, 0.05) is 12.6 Å². The van der Waals surface area contributed by atoms with Gasteiger partial charge in [0.2, 0.25) is 5.91 Å². The highest BCUT2D eigenvalue weighted by Crippen LogP contribution is 2.28. The number of aliphatic hydroxyl groups excluding tert-OH is 1. The lowest BCUT2D eigenvalue weighted by Crippen LogP contribution is -2.43. The molecule has 1 aliphatic carbocycles. The van der Waals surface area contributed by atoms with Gasteiger partial charge in [-0.05, 0) is 49.8 Å². The maximum Gasteiger partial charge on any atom is 0.227 e. The second-order valence-corrected chi connectivity index (χ2v) is 6.52. The second kappa shape index (κ2) is 8.92. The molecule has 2 atom stereocenters. The molecule has 1 aromatic carbocycles. The quantitative estimate of drug-likeness (QED) is 0.811. The molecule has 0 radical (unpaired) electrons. The number of hydrogen-bond acceptors (Lipinski definition) is 3. The molecule has 1 aliphatic rings. The fraction of sp³-hybridized carbons (Fsp3) is 0.632. The largest absolute Gasteiger partial charge is 0.497 e. The lowest BCUT2D eigenvalue weighted by Gasteiger charge is -2.31. The smallest absolute Gasteiger partial charge is 0.227 e. The van der Waals surface area contributed by atoms with Crippen molar-refractivity contribution in [3.05, 3.63) is 29.8 Å². The van der Waals surface area contributed by atoms with E-state index in [1.54, 1.807) is 7.11 Å². The molecule has 23 heavy (non-hydrogen) atoms. The van der Waals surface area contributed by atoms with Crippen molar-refractivity contribution in [1.29, 1.82) is 0 Å². The zero-order chi connectivity index (χ0) is 16.7. The molecule has 0 heterocycles. The average molecular weight is 319 g/mol. The summed E-state index contributed by atoms with van der Waals surface area (Å²) in [6.07, 6.45) is 6.71. The van der Waals surface area contributed by atoms with Crippen LogP contribution in [-0.4, -0.2) is 30.8 Å². The van der Waals surface area contributed by atoms with Gasteiger partial charge in [-0.25, -0.2) is 0 Å². The molecule has 1 aromatic rings. The van der Waals surface area contributed by atoms with Gasteiger partial charge in [0.15, 0.2) is 0 Å². The van der Waals surface area contributed by atoms with Crippen LogP contribution in [0.3, 0.4) is 0 Å². The maximum atomic E-state index is 12.6. The minimum atomic E-state index is -0.203. The molecule has 0 spiro atoms. The summed E-state index contributed by atoms with van der Waals surface area (Å²) in [5, 5.41) is 12.5. The zero-order valence-corrected chi connectivity index (χ0v) is 14.3. The van der Waals surface area contributed by atoms with Crippen LogP contribution in [0.25, 0.3) is 0 Å². The number of carbonyl (C=O) groups is 1. The number of methoxy groups -OCH3 is 1. The Kier molecular flexibility index (Phi) is 6.90. The fourth-order valence-electron chi connectivity index (χ4n) is 3.45. The number of ether oxygens (including phenoxy) is 1. The minimum Gasteiger partial charge on any atom is -0.497 e. The number of nitrogens with one attached hydrogen (secondary N) is 1. The van der Waals surface area contributed by atoms with Gasteiger partial charge in [-0.3, -0.25) is 4.79 Å². The Morgan fingerprint density at radius 3 is 2.48 bits per heavy atom. The molecule has 0 aromatic heterocycles. The second-order valence-electron chi connectivity index (χ2n) is 6.52. The van der Waals surface area contributed by atoms with Gasteiger partial charge in [-0.15, -0.1) is 0 Å². The molecular formula is C19H29NO3. The standard InChI is InChI=1S/C19H29NO3/c1-14(15-8-10-17(23-2)11-9-15)19(22)20-18(12-13-21)16-6-4-3-5-7-16/h8-11,14,16,18,21H,3-7,12-13H2,1-2H3,(H,20,22). The van der Waals surface area contributed by atoms with Gasteiger partial charge >= 0.3 is 0 Å². The van der Waals surface area contributed by atoms with Crippen LogP contribution in [-0.2, 0) is 4.79 Å². The highest BCUT2D eigenvalue weighted by Gasteiger charge is 2.26. The van der Waals surface area contributed by atoms with Crippen LogP contribution in [0.15, 0.2) is 24.3 Å². The topological polar surface area (TPSA) is 58.6 Å². The number of rotatable bonds is 7. The van der Waals surface area contributed by atoms with Crippen molar-refractivity contribution in [3.8, 4) is 5.75 Å². The van der Waals surface area contributed by atoms with Crippen molar-refractivity contribution < 1.29 is 14.6 Å². The first-order valence-corrected chi connectivity index (χ1v) is 8.71. The molecule has 2 rings (SSSR count). The maximum absolute atomic E-state index is 12.6. The molecule has 0 bridgehead atoms. The normalized spacial score (nSPS) is 18.2. The Bertz CT molecular complexity index is 480. The lowest BCUT2D eigenvalue weighted by molar-refractivity contribution is -0.123. The molecule has 128 valence electrons. The number of aliphatic hydroxyl groups is 1. The summed E-state index contributed by atoms with van der Waals surface area (Å²) in [6.45, 7) is 2.05. The van der Waals surface area contributed by atoms with Crippen molar-refractivity contribution in [3.63, 3.8) is 0 Å². The van der Waals surface area contributed by atoms with Crippen LogP contribution < -0.4 is 10.1 Å².